The number of fused-ring (bicyclic) bond motifs is 5. The standard InChI is InChI=1S/C34H44O9/c1-18-14-29(43-32(39)24(18)16-40-20(3)35)19(2)25-10-11-26-23-15-30(42-22(5)37)28-8-7-9-31(38)34(28,17-41-21(4)36)27(23)12-13-33(25,26)6/h7-9,19,23,25-27,29-30H,10-17H2,1-6H3/t19-,23-,25+,26-,27-,29+,30+,33+,34+/m0/s1. The molecule has 3 fully saturated rings. The van der Waals surface area contributed by atoms with Gasteiger partial charge in [-0.1, -0.05) is 31.6 Å². The van der Waals surface area contributed by atoms with Crippen LogP contribution in [0.4, 0.5) is 0 Å². The van der Waals surface area contributed by atoms with Crippen LogP contribution in [-0.4, -0.2) is 55.1 Å². The van der Waals surface area contributed by atoms with Crippen LogP contribution in [0.2, 0.25) is 0 Å². The number of hydrogen-bond donors (Lipinski definition) is 0. The lowest BCUT2D eigenvalue weighted by Crippen LogP contribution is -2.59. The summed E-state index contributed by atoms with van der Waals surface area (Å²) < 4.78 is 22.5. The largest absolute Gasteiger partial charge is 0.464 e. The van der Waals surface area contributed by atoms with Crippen LogP contribution < -0.4 is 0 Å². The summed E-state index contributed by atoms with van der Waals surface area (Å²) in [4.78, 5) is 62.3. The topological polar surface area (TPSA) is 122 Å². The molecular weight excluding hydrogens is 552 g/mol. The van der Waals surface area contributed by atoms with Crippen molar-refractivity contribution < 1.29 is 42.9 Å². The minimum Gasteiger partial charge on any atom is -0.464 e. The minimum atomic E-state index is -1.05. The summed E-state index contributed by atoms with van der Waals surface area (Å²) in [5.74, 6) is -1.10. The van der Waals surface area contributed by atoms with E-state index in [4.69, 9.17) is 18.9 Å². The highest BCUT2D eigenvalue weighted by Crippen LogP contribution is 2.67. The maximum absolute atomic E-state index is 13.8. The molecule has 0 radical (unpaired) electrons. The van der Waals surface area contributed by atoms with Gasteiger partial charge < -0.3 is 18.9 Å². The van der Waals surface area contributed by atoms with Crippen LogP contribution in [0.25, 0.3) is 0 Å². The van der Waals surface area contributed by atoms with Gasteiger partial charge in [0.05, 0.1) is 11.0 Å². The van der Waals surface area contributed by atoms with E-state index >= 15 is 0 Å². The molecule has 4 aliphatic carbocycles. The van der Waals surface area contributed by atoms with E-state index in [0.717, 1.165) is 36.8 Å². The predicted molar refractivity (Wildman–Crippen MR) is 155 cm³/mol. The van der Waals surface area contributed by atoms with Gasteiger partial charge in [-0.25, -0.2) is 4.79 Å². The SMILES string of the molecule is CC(=O)OCC1=C(C)C[C@H]([C@@H](C)[C@H]2CC[C@H]3[C@@H]4C[C@@H](OC(C)=O)C5=CC=CC(=O)[C@]5(COC(C)=O)[C@H]4CC[C@]23C)OC1=O. The van der Waals surface area contributed by atoms with E-state index in [2.05, 4.69) is 13.8 Å². The molecule has 0 unspecified atom stereocenters. The van der Waals surface area contributed by atoms with Crippen LogP contribution in [0.1, 0.15) is 80.1 Å². The molecule has 234 valence electrons. The van der Waals surface area contributed by atoms with Gasteiger partial charge in [0, 0.05) is 27.2 Å². The van der Waals surface area contributed by atoms with Crippen LogP contribution in [0.15, 0.2) is 34.9 Å². The molecule has 0 bridgehead atoms. The highest BCUT2D eigenvalue weighted by Gasteiger charge is 2.65. The lowest BCUT2D eigenvalue weighted by Gasteiger charge is -2.59. The van der Waals surface area contributed by atoms with Crippen molar-refractivity contribution in [2.75, 3.05) is 13.2 Å². The zero-order chi connectivity index (χ0) is 31.3. The quantitative estimate of drug-likeness (QED) is 0.300. The molecule has 1 heterocycles. The zero-order valence-corrected chi connectivity index (χ0v) is 26.1. The van der Waals surface area contributed by atoms with Crippen LogP contribution in [0.3, 0.4) is 0 Å². The number of ether oxygens (including phenoxy) is 4. The Bertz CT molecular complexity index is 1310. The lowest BCUT2D eigenvalue weighted by atomic mass is 9.45. The predicted octanol–water partition coefficient (Wildman–Crippen LogP) is 4.83. The van der Waals surface area contributed by atoms with Crippen molar-refractivity contribution in [1.82, 2.24) is 0 Å². The fraction of sp³-hybridized carbons (Fsp3) is 0.676. The van der Waals surface area contributed by atoms with Gasteiger partial charge >= 0.3 is 23.9 Å². The van der Waals surface area contributed by atoms with Gasteiger partial charge in [-0.2, -0.15) is 0 Å². The molecule has 3 saturated carbocycles. The summed E-state index contributed by atoms with van der Waals surface area (Å²) in [6.45, 7) is 10.3. The minimum absolute atomic E-state index is 0.0454. The van der Waals surface area contributed by atoms with Crippen molar-refractivity contribution in [2.24, 2.45) is 40.4 Å². The van der Waals surface area contributed by atoms with Gasteiger partial charge in [0.25, 0.3) is 0 Å². The van der Waals surface area contributed by atoms with Crippen molar-refractivity contribution in [2.45, 2.75) is 92.3 Å². The van der Waals surface area contributed by atoms with Gasteiger partial charge in [-0.05, 0) is 85.7 Å². The Morgan fingerprint density at radius 1 is 1.02 bits per heavy atom. The second-order valence-corrected chi connectivity index (χ2v) is 13.6. The van der Waals surface area contributed by atoms with Crippen molar-refractivity contribution in [3.63, 3.8) is 0 Å². The zero-order valence-electron chi connectivity index (χ0n) is 26.1. The molecule has 0 saturated heterocycles. The Labute approximate surface area is 253 Å². The molecule has 0 aromatic carbocycles. The third kappa shape index (κ3) is 5.37. The Balaban J connectivity index is 1.43. The van der Waals surface area contributed by atoms with Gasteiger partial charge in [0.1, 0.15) is 25.4 Å². The second-order valence-electron chi connectivity index (χ2n) is 13.6. The molecule has 0 aromatic rings. The first-order valence-corrected chi connectivity index (χ1v) is 15.6. The average molecular weight is 597 g/mol. The molecule has 9 heteroatoms. The first-order valence-electron chi connectivity index (χ1n) is 15.6. The van der Waals surface area contributed by atoms with E-state index in [1.165, 1.54) is 20.8 Å². The first-order chi connectivity index (χ1) is 20.3. The second kappa shape index (κ2) is 11.7. The molecule has 1 aliphatic heterocycles. The highest BCUT2D eigenvalue weighted by atomic mass is 16.6. The fourth-order valence-corrected chi connectivity index (χ4v) is 9.52. The number of rotatable bonds is 7. The smallest absolute Gasteiger partial charge is 0.337 e. The normalized spacial score (nSPS) is 37.3. The number of hydrogen-bond acceptors (Lipinski definition) is 9. The summed E-state index contributed by atoms with van der Waals surface area (Å²) >= 11 is 0. The van der Waals surface area contributed by atoms with Crippen molar-refractivity contribution in [1.29, 1.82) is 0 Å². The number of cyclic esters (lactones) is 1. The summed E-state index contributed by atoms with van der Waals surface area (Å²) in [7, 11) is 0. The van der Waals surface area contributed by atoms with Crippen LogP contribution in [0.5, 0.6) is 0 Å². The van der Waals surface area contributed by atoms with Crippen molar-refractivity contribution in [3.8, 4) is 0 Å². The Hall–Kier alpha value is -3.23. The molecule has 0 N–H and O–H groups in total. The average Bonchev–Trinajstić information content (AvgIpc) is 3.28. The molecule has 9 atom stereocenters. The third-order valence-electron chi connectivity index (χ3n) is 11.4. The molecule has 5 rings (SSSR count). The Kier molecular flexibility index (Phi) is 8.49. The fourth-order valence-electron chi connectivity index (χ4n) is 9.52. The summed E-state index contributed by atoms with van der Waals surface area (Å²) in [5.41, 5.74) is 0.936. The molecule has 0 spiro atoms. The van der Waals surface area contributed by atoms with Crippen LogP contribution in [-0.2, 0) is 42.9 Å². The van der Waals surface area contributed by atoms with E-state index in [1.807, 2.05) is 13.0 Å². The highest BCUT2D eigenvalue weighted by molar-refractivity contribution is 6.00. The molecule has 0 aromatic heterocycles. The van der Waals surface area contributed by atoms with E-state index < -0.39 is 35.4 Å². The molecular formula is C34H44O9. The Morgan fingerprint density at radius 2 is 1.74 bits per heavy atom. The molecule has 9 nitrogen and oxygen atoms in total. The van der Waals surface area contributed by atoms with Crippen molar-refractivity contribution >= 4 is 29.7 Å². The van der Waals surface area contributed by atoms with Crippen LogP contribution >= 0.6 is 0 Å². The first kappa shape index (κ1) is 31.2. The van der Waals surface area contributed by atoms with E-state index in [1.54, 1.807) is 12.2 Å². The van der Waals surface area contributed by atoms with Gasteiger partial charge in [0.15, 0.2) is 5.78 Å². The maximum atomic E-state index is 13.8. The summed E-state index contributed by atoms with van der Waals surface area (Å²) in [6.07, 6.45) is 9.14. The van der Waals surface area contributed by atoms with Gasteiger partial charge in [-0.15, -0.1) is 0 Å². The number of ketones is 1. The van der Waals surface area contributed by atoms with Crippen LogP contribution in [0, 0.1) is 40.4 Å². The number of allylic oxidation sites excluding steroid dienone is 3. The lowest BCUT2D eigenvalue weighted by molar-refractivity contribution is -0.167. The third-order valence-corrected chi connectivity index (χ3v) is 11.4. The van der Waals surface area contributed by atoms with Crippen molar-refractivity contribution in [3.05, 3.63) is 34.9 Å². The van der Waals surface area contributed by atoms with Gasteiger partial charge in [-0.3, -0.25) is 19.2 Å². The Morgan fingerprint density at radius 3 is 2.40 bits per heavy atom. The summed E-state index contributed by atoms with van der Waals surface area (Å²) in [6, 6.07) is 0. The maximum Gasteiger partial charge on any atom is 0.337 e. The van der Waals surface area contributed by atoms with Gasteiger partial charge in [0.2, 0.25) is 0 Å². The van der Waals surface area contributed by atoms with E-state index in [-0.39, 0.29) is 60.1 Å². The number of esters is 4. The summed E-state index contributed by atoms with van der Waals surface area (Å²) in [5, 5.41) is 0. The number of carbonyl (C=O) groups is 5. The molecule has 43 heavy (non-hydrogen) atoms. The van der Waals surface area contributed by atoms with E-state index in [9.17, 15) is 24.0 Å². The van der Waals surface area contributed by atoms with E-state index in [0.29, 0.717) is 18.4 Å². The monoisotopic (exact) mass is 596 g/mol. The molecule has 0 amide bonds. The molecule has 5 aliphatic rings. The number of carbonyl (C=O) groups excluding carboxylic acids is 5.